The molecule has 0 aliphatic rings. The van der Waals surface area contributed by atoms with Crippen LogP contribution in [0.15, 0.2) is 85.1 Å². The van der Waals surface area contributed by atoms with Gasteiger partial charge in [0.25, 0.3) is 0 Å². The van der Waals surface area contributed by atoms with Gasteiger partial charge in [0.1, 0.15) is 13.2 Å². The quantitative estimate of drug-likeness (QED) is 0.0261. The van der Waals surface area contributed by atoms with Crippen molar-refractivity contribution < 1.29 is 28.6 Å². The Morgan fingerprint density at radius 3 is 0.821 bits per heavy atom. The summed E-state index contributed by atoms with van der Waals surface area (Å²) in [6, 6.07) is 0. The van der Waals surface area contributed by atoms with Crippen LogP contribution in [0.5, 0.6) is 0 Å². The van der Waals surface area contributed by atoms with E-state index in [1.54, 1.807) is 0 Å². The molecule has 1 unspecified atom stereocenters. The maximum Gasteiger partial charge on any atom is 0.306 e. The van der Waals surface area contributed by atoms with E-state index in [2.05, 4.69) is 106 Å². The molecule has 0 rings (SSSR count). The van der Waals surface area contributed by atoms with Gasteiger partial charge in [-0.3, -0.25) is 14.4 Å². The zero-order valence-electron chi connectivity index (χ0n) is 51.7. The Kier molecular flexibility index (Phi) is 63.2. The SMILES string of the molecule is CC/C=C\C/C=C\C/C=C\C/C=C\C/C=C\CCCCCC(=O)OC(COC(=O)CCCCCCC/C=C\C/C=C\CCCCC)COC(=O)CCCCCCCCCCCCCCCCCCCCCCCCCCCC. The van der Waals surface area contributed by atoms with Gasteiger partial charge >= 0.3 is 17.9 Å². The van der Waals surface area contributed by atoms with Gasteiger partial charge in [0.05, 0.1) is 0 Å². The van der Waals surface area contributed by atoms with E-state index in [1.807, 2.05) is 0 Å². The standard InChI is InChI=1S/C72H126O6/c1-4-7-10-13-16-19-22-25-28-30-32-33-34-35-36-37-38-40-41-44-47-50-53-56-59-62-65-71(74)77-68-69(67-76-70(73)64-61-58-55-52-49-46-43-27-24-21-18-15-12-9-6-3)78-72(75)66-63-60-57-54-51-48-45-42-39-31-29-26-23-20-17-14-11-8-5-2/h8,11,17-18,20-21,26-27,29,39,42-43,48,51,69H,4-7,9-10,12-16,19,22-25,28,30-38,40-41,44-47,49-50,52-68H2,1-3H3/b11-8-,20-17-,21-18-,29-26-,42-39-,43-27-,51-48-. The van der Waals surface area contributed by atoms with Crippen LogP contribution in [0.25, 0.3) is 0 Å². The number of ether oxygens (including phenoxy) is 3. The molecule has 0 heterocycles. The van der Waals surface area contributed by atoms with Gasteiger partial charge in [-0.2, -0.15) is 0 Å². The summed E-state index contributed by atoms with van der Waals surface area (Å²) >= 11 is 0. The highest BCUT2D eigenvalue weighted by Gasteiger charge is 2.19. The van der Waals surface area contributed by atoms with Crippen molar-refractivity contribution in [3.63, 3.8) is 0 Å². The van der Waals surface area contributed by atoms with Crippen molar-refractivity contribution in [1.29, 1.82) is 0 Å². The van der Waals surface area contributed by atoms with E-state index in [1.165, 1.54) is 173 Å². The Morgan fingerprint density at radius 2 is 0.500 bits per heavy atom. The zero-order valence-corrected chi connectivity index (χ0v) is 51.7. The molecule has 0 saturated carbocycles. The summed E-state index contributed by atoms with van der Waals surface area (Å²) in [5.74, 6) is -0.924. The summed E-state index contributed by atoms with van der Waals surface area (Å²) in [6.07, 6.45) is 87.5. The van der Waals surface area contributed by atoms with Gasteiger partial charge < -0.3 is 14.2 Å². The summed E-state index contributed by atoms with van der Waals surface area (Å²) in [5, 5.41) is 0. The number of hydrogen-bond acceptors (Lipinski definition) is 6. The maximum absolute atomic E-state index is 12.9. The van der Waals surface area contributed by atoms with Crippen LogP contribution in [-0.2, 0) is 28.6 Å². The largest absolute Gasteiger partial charge is 0.462 e. The van der Waals surface area contributed by atoms with Gasteiger partial charge in [0, 0.05) is 19.3 Å². The Bertz CT molecular complexity index is 1480. The molecule has 1 atom stereocenters. The Morgan fingerprint density at radius 1 is 0.269 bits per heavy atom. The normalized spacial score (nSPS) is 12.6. The van der Waals surface area contributed by atoms with Crippen molar-refractivity contribution >= 4 is 17.9 Å². The summed E-state index contributed by atoms with van der Waals surface area (Å²) in [5.41, 5.74) is 0. The van der Waals surface area contributed by atoms with Crippen LogP contribution in [0.2, 0.25) is 0 Å². The number of hydrogen-bond donors (Lipinski definition) is 0. The highest BCUT2D eigenvalue weighted by atomic mass is 16.6. The average Bonchev–Trinajstić information content (AvgIpc) is 3.44. The first kappa shape index (κ1) is 74.6. The number of rotatable bonds is 61. The molecule has 0 aromatic heterocycles. The molecule has 0 aromatic carbocycles. The van der Waals surface area contributed by atoms with Crippen LogP contribution >= 0.6 is 0 Å². The summed E-state index contributed by atoms with van der Waals surface area (Å²) in [7, 11) is 0. The van der Waals surface area contributed by atoms with Gasteiger partial charge in [-0.25, -0.2) is 0 Å². The number of carbonyl (C=O) groups excluding carboxylic acids is 3. The summed E-state index contributed by atoms with van der Waals surface area (Å²) in [4.78, 5) is 38.4. The molecule has 450 valence electrons. The Labute approximate surface area is 484 Å². The van der Waals surface area contributed by atoms with E-state index < -0.39 is 6.10 Å². The van der Waals surface area contributed by atoms with Crippen LogP contribution in [0.3, 0.4) is 0 Å². The average molecular weight is 1090 g/mol. The molecule has 6 heteroatoms. The van der Waals surface area contributed by atoms with Gasteiger partial charge in [-0.15, -0.1) is 0 Å². The molecular formula is C72H126O6. The molecule has 6 nitrogen and oxygen atoms in total. The zero-order chi connectivity index (χ0) is 56.4. The fourth-order valence-corrected chi connectivity index (χ4v) is 9.62. The van der Waals surface area contributed by atoms with Gasteiger partial charge in [-0.1, -0.05) is 305 Å². The van der Waals surface area contributed by atoms with Gasteiger partial charge in [-0.05, 0) is 96.3 Å². The lowest BCUT2D eigenvalue weighted by Crippen LogP contribution is -2.30. The highest BCUT2D eigenvalue weighted by Crippen LogP contribution is 2.17. The van der Waals surface area contributed by atoms with Gasteiger partial charge in [0.2, 0.25) is 0 Å². The molecular weight excluding hydrogens is 961 g/mol. The minimum absolute atomic E-state index is 0.0922. The predicted octanol–water partition coefficient (Wildman–Crippen LogP) is 23.1. The number of allylic oxidation sites excluding steroid dienone is 14. The molecule has 0 aliphatic carbocycles. The second-order valence-corrected chi connectivity index (χ2v) is 22.4. The predicted molar refractivity (Wildman–Crippen MR) is 339 cm³/mol. The van der Waals surface area contributed by atoms with Crippen molar-refractivity contribution in [3.8, 4) is 0 Å². The van der Waals surface area contributed by atoms with E-state index in [0.717, 1.165) is 122 Å². The van der Waals surface area contributed by atoms with E-state index in [0.29, 0.717) is 12.8 Å². The first-order valence-corrected chi connectivity index (χ1v) is 33.6. The fraction of sp³-hybridized carbons (Fsp3) is 0.764. The summed E-state index contributed by atoms with van der Waals surface area (Å²) < 4.78 is 16.9. The van der Waals surface area contributed by atoms with E-state index in [9.17, 15) is 14.4 Å². The Balaban J connectivity index is 4.33. The van der Waals surface area contributed by atoms with Crippen LogP contribution < -0.4 is 0 Å². The van der Waals surface area contributed by atoms with Crippen LogP contribution in [0, 0.1) is 0 Å². The van der Waals surface area contributed by atoms with E-state index in [4.69, 9.17) is 14.2 Å². The molecule has 0 aromatic rings. The first-order valence-electron chi connectivity index (χ1n) is 33.6. The molecule has 0 amide bonds. The molecule has 78 heavy (non-hydrogen) atoms. The number of carbonyl (C=O) groups is 3. The van der Waals surface area contributed by atoms with Crippen molar-refractivity contribution in [2.24, 2.45) is 0 Å². The highest BCUT2D eigenvalue weighted by molar-refractivity contribution is 5.71. The lowest BCUT2D eigenvalue weighted by Gasteiger charge is -2.18. The third-order valence-corrected chi connectivity index (χ3v) is 14.6. The topological polar surface area (TPSA) is 78.9 Å². The molecule has 0 bridgehead atoms. The first-order chi connectivity index (χ1) is 38.5. The second kappa shape index (κ2) is 66.1. The monoisotopic (exact) mass is 1090 g/mol. The Hall–Kier alpha value is -3.41. The third-order valence-electron chi connectivity index (χ3n) is 14.6. The molecule has 0 aliphatic heterocycles. The van der Waals surface area contributed by atoms with Gasteiger partial charge in [0.15, 0.2) is 6.10 Å². The minimum Gasteiger partial charge on any atom is -0.462 e. The molecule has 0 saturated heterocycles. The summed E-state index contributed by atoms with van der Waals surface area (Å²) in [6.45, 7) is 6.50. The van der Waals surface area contributed by atoms with E-state index >= 15 is 0 Å². The number of esters is 3. The molecule has 0 spiro atoms. The third kappa shape index (κ3) is 63.4. The second-order valence-electron chi connectivity index (χ2n) is 22.4. The van der Waals surface area contributed by atoms with Crippen LogP contribution in [-0.4, -0.2) is 37.2 Å². The van der Waals surface area contributed by atoms with Crippen LogP contribution in [0.1, 0.15) is 335 Å². The van der Waals surface area contributed by atoms with Crippen molar-refractivity contribution in [2.75, 3.05) is 13.2 Å². The minimum atomic E-state index is -0.801. The van der Waals surface area contributed by atoms with Crippen LogP contribution in [0.4, 0.5) is 0 Å². The molecule has 0 radical (unpaired) electrons. The molecule has 0 N–H and O–H groups in total. The van der Waals surface area contributed by atoms with E-state index in [-0.39, 0.29) is 37.5 Å². The lowest BCUT2D eigenvalue weighted by atomic mass is 10.0. The smallest absolute Gasteiger partial charge is 0.306 e. The number of unbranched alkanes of at least 4 members (excludes halogenated alkanes) is 36. The van der Waals surface area contributed by atoms with Crippen molar-refractivity contribution in [2.45, 2.75) is 341 Å². The fourth-order valence-electron chi connectivity index (χ4n) is 9.62. The van der Waals surface area contributed by atoms with Crippen molar-refractivity contribution in [1.82, 2.24) is 0 Å². The maximum atomic E-state index is 12.9. The molecule has 0 fully saturated rings. The lowest BCUT2D eigenvalue weighted by molar-refractivity contribution is -0.167. The van der Waals surface area contributed by atoms with Crippen molar-refractivity contribution in [3.05, 3.63) is 85.1 Å².